The molecule has 98 valence electrons. The van der Waals surface area contributed by atoms with E-state index in [-0.39, 0.29) is 5.91 Å². The van der Waals surface area contributed by atoms with Crippen LogP contribution in [0.5, 0.6) is 0 Å². The van der Waals surface area contributed by atoms with Crippen molar-refractivity contribution in [1.82, 2.24) is 20.7 Å². The molecule has 0 saturated carbocycles. The first kappa shape index (κ1) is 11.7. The fourth-order valence-electron chi connectivity index (χ4n) is 2.22. The van der Waals surface area contributed by atoms with E-state index >= 15 is 0 Å². The summed E-state index contributed by atoms with van der Waals surface area (Å²) in [7, 11) is 0. The number of aryl methyl sites for hydroxylation is 1. The van der Waals surface area contributed by atoms with Gasteiger partial charge >= 0.3 is 0 Å². The Bertz CT molecular complexity index is 579. The average molecular weight is 257 g/mol. The van der Waals surface area contributed by atoms with Gasteiger partial charge in [0, 0.05) is 18.8 Å². The summed E-state index contributed by atoms with van der Waals surface area (Å²) in [4.78, 5) is 11.7. The standard InChI is InChI=1S/C13H15N5O/c19-13(12-8-16-18-17-12)15-7-9-3-4-11-10(6-9)2-1-5-14-11/h3-4,6,8,14H,1-2,5,7H2,(H,15,19)(H,16,17,18). The molecule has 6 nitrogen and oxygen atoms in total. The van der Waals surface area contributed by atoms with Gasteiger partial charge < -0.3 is 10.6 Å². The Balaban J connectivity index is 1.65. The molecule has 2 heterocycles. The molecule has 0 unspecified atom stereocenters. The van der Waals surface area contributed by atoms with Crippen LogP contribution in [0.15, 0.2) is 24.4 Å². The Morgan fingerprint density at radius 1 is 1.42 bits per heavy atom. The SMILES string of the molecule is O=C(NCc1ccc2c(c1)CCCN2)c1cn[nH]n1. The van der Waals surface area contributed by atoms with Gasteiger partial charge in [0.05, 0.1) is 6.20 Å². The topological polar surface area (TPSA) is 82.7 Å². The molecule has 2 aromatic rings. The highest BCUT2D eigenvalue weighted by atomic mass is 16.1. The second-order valence-corrected chi connectivity index (χ2v) is 4.56. The van der Waals surface area contributed by atoms with Gasteiger partial charge in [-0.2, -0.15) is 15.4 Å². The minimum Gasteiger partial charge on any atom is -0.385 e. The lowest BCUT2D eigenvalue weighted by molar-refractivity contribution is 0.0946. The predicted molar refractivity (Wildman–Crippen MR) is 70.8 cm³/mol. The zero-order chi connectivity index (χ0) is 13.1. The Morgan fingerprint density at radius 2 is 2.37 bits per heavy atom. The van der Waals surface area contributed by atoms with Gasteiger partial charge in [-0.1, -0.05) is 12.1 Å². The van der Waals surface area contributed by atoms with E-state index in [0.717, 1.165) is 24.9 Å². The van der Waals surface area contributed by atoms with Crippen LogP contribution in [-0.2, 0) is 13.0 Å². The molecule has 0 atom stereocenters. The van der Waals surface area contributed by atoms with Gasteiger partial charge in [-0.3, -0.25) is 4.79 Å². The van der Waals surface area contributed by atoms with Crippen LogP contribution < -0.4 is 10.6 Å². The van der Waals surface area contributed by atoms with E-state index in [1.165, 1.54) is 17.4 Å². The fourth-order valence-corrected chi connectivity index (χ4v) is 2.22. The molecule has 1 aliphatic rings. The van der Waals surface area contributed by atoms with Gasteiger partial charge in [-0.05, 0) is 30.0 Å². The van der Waals surface area contributed by atoms with Gasteiger partial charge in [0.1, 0.15) is 0 Å². The van der Waals surface area contributed by atoms with Gasteiger partial charge in [0.15, 0.2) is 5.69 Å². The molecule has 1 aromatic carbocycles. The molecule has 0 spiro atoms. The Morgan fingerprint density at radius 3 is 3.21 bits per heavy atom. The second-order valence-electron chi connectivity index (χ2n) is 4.56. The predicted octanol–water partition coefficient (Wildman–Crippen LogP) is 1.09. The lowest BCUT2D eigenvalue weighted by atomic mass is 10.0. The molecule has 6 heteroatoms. The first-order valence-electron chi connectivity index (χ1n) is 6.32. The zero-order valence-electron chi connectivity index (χ0n) is 10.4. The maximum atomic E-state index is 11.7. The van der Waals surface area contributed by atoms with Gasteiger partial charge in [0.25, 0.3) is 5.91 Å². The molecule has 1 aliphatic heterocycles. The van der Waals surface area contributed by atoms with E-state index in [1.54, 1.807) is 0 Å². The number of hydrogen-bond acceptors (Lipinski definition) is 4. The minimum atomic E-state index is -0.218. The van der Waals surface area contributed by atoms with Crippen molar-refractivity contribution in [3.05, 3.63) is 41.2 Å². The van der Waals surface area contributed by atoms with Crippen molar-refractivity contribution in [3.8, 4) is 0 Å². The normalized spacial score (nSPS) is 13.5. The van der Waals surface area contributed by atoms with Crippen LogP contribution in [-0.4, -0.2) is 27.9 Å². The van der Waals surface area contributed by atoms with Crippen LogP contribution in [0.1, 0.15) is 28.0 Å². The van der Waals surface area contributed by atoms with Gasteiger partial charge in [0.2, 0.25) is 0 Å². The number of H-pyrrole nitrogens is 1. The van der Waals surface area contributed by atoms with Crippen LogP contribution in [0.25, 0.3) is 0 Å². The van der Waals surface area contributed by atoms with Crippen molar-refractivity contribution >= 4 is 11.6 Å². The molecule has 3 N–H and O–H groups in total. The molecule has 1 aromatic heterocycles. The number of rotatable bonds is 3. The molecule has 0 radical (unpaired) electrons. The molecule has 0 aliphatic carbocycles. The zero-order valence-corrected chi connectivity index (χ0v) is 10.4. The lowest BCUT2D eigenvalue weighted by Crippen LogP contribution is -2.23. The quantitative estimate of drug-likeness (QED) is 0.768. The molecular formula is C13H15N5O. The number of aromatic amines is 1. The highest BCUT2D eigenvalue weighted by Gasteiger charge is 2.10. The summed E-state index contributed by atoms with van der Waals surface area (Å²) >= 11 is 0. The Hall–Kier alpha value is -2.37. The van der Waals surface area contributed by atoms with Crippen molar-refractivity contribution in [2.24, 2.45) is 0 Å². The van der Waals surface area contributed by atoms with Crippen molar-refractivity contribution in [2.75, 3.05) is 11.9 Å². The van der Waals surface area contributed by atoms with Crippen LogP contribution in [0, 0.1) is 0 Å². The number of amides is 1. The molecule has 1 amide bonds. The number of anilines is 1. The highest BCUT2D eigenvalue weighted by Crippen LogP contribution is 2.22. The summed E-state index contributed by atoms with van der Waals surface area (Å²) < 4.78 is 0. The van der Waals surface area contributed by atoms with E-state index in [4.69, 9.17) is 0 Å². The number of fused-ring (bicyclic) bond motifs is 1. The summed E-state index contributed by atoms with van der Waals surface area (Å²) in [5, 5.41) is 16.0. The van der Waals surface area contributed by atoms with E-state index in [1.807, 2.05) is 6.07 Å². The van der Waals surface area contributed by atoms with Crippen molar-refractivity contribution in [1.29, 1.82) is 0 Å². The average Bonchev–Trinajstić information content (AvgIpc) is 2.99. The summed E-state index contributed by atoms with van der Waals surface area (Å²) in [6.45, 7) is 1.54. The molecular weight excluding hydrogens is 242 g/mol. The fraction of sp³-hybridized carbons (Fsp3) is 0.308. The molecule has 0 saturated heterocycles. The smallest absolute Gasteiger partial charge is 0.273 e. The molecule has 0 fully saturated rings. The van der Waals surface area contributed by atoms with E-state index in [2.05, 4.69) is 38.2 Å². The number of hydrogen-bond donors (Lipinski definition) is 3. The lowest BCUT2D eigenvalue weighted by Gasteiger charge is -2.18. The number of nitrogens with one attached hydrogen (secondary N) is 3. The Kier molecular flexibility index (Phi) is 3.14. The number of benzene rings is 1. The summed E-state index contributed by atoms with van der Waals surface area (Å²) in [5.41, 5.74) is 3.93. The summed E-state index contributed by atoms with van der Waals surface area (Å²) in [6, 6.07) is 6.25. The number of carbonyl (C=O) groups is 1. The number of nitrogens with zero attached hydrogens (tertiary/aromatic N) is 2. The van der Waals surface area contributed by atoms with E-state index < -0.39 is 0 Å². The number of carbonyl (C=O) groups excluding carboxylic acids is 1. The van der Waals surface area contributed by atoms with Crippen molar-refractivity contribution < 1.29 is 4.79 Å². The van der Waals surface area contributed by atoms with Gasteiger partial charge in [-0.15, -0.1) is 0 Å². The third-order valence-corrected chi connectivity index (χ3v) is 3.21. The van der Waals surface area contributed by atoms with Crippen LogP contribution >= 0.6 is 0 Å². The monoisotopic (exact) mass is 257 g/mol. The maximum Gasteiger partial charge on any atom is 0.273 e. The van der Waals surface area contributed by atoms with Crippen molar-refractivity contribution in [2.45, 2.75) is 19.4 Å². The third kappa shape index (κ3) is 2.57. The minimum absolute atomic E-state index is 0.218. The largest absolute Gasteiger partial charge is 0.385 e. The number of aromatic nitrogens is 3. The first-order chi connectivity index (χ1) is 9.33. The summed E-state index contributed by atoms with van der Waals surface area (Å²) in [6.07, 6.45) is 3.65. The first-order valence-corrected chi connectivity index (χ1v) is 6.32. The van der Waals surface area contributed by atoms with E-state index in [0.29, 0.717) is 12.2 Å². The highest BCUT2D eigenvalue weighted by molar-refractivity contribution is 5.91. The van der Waals surface area contributed by atoms with Crippen LogP contribution in [0.2, 0.25) is 0 Å². The third-order valence-electron chi connectivity index (χ3n) is 3.21. The second kappa shape index (κ2) is 5.09. The van der Waals surface area contributed by atoms with E-state index in [9.17, 15) is 4.79 Å². The molecule has 3 rings (SSSR count). The van der Waals surface area contributed by atoms with Crippen LogP contribution in [0.3, 0.4) is 0 Å². The molecule has 0 bridgehead atoms. The summed E-state index contributed by atoms with van der Waals surface area (Å²) in [5.74, 6) is -0.218. The van der Waals surface area contributed by atoms with Crippen molar-refractivity contribution in [3.63, 3.8) is 0 Å². The maximum absolute atomic E-state index is 11.7. The van der Waals surface area contributed by atoms with Gasteiger partial charge in [-0.25, -0.2) is 0 Å². The Labute approximate surface area is 110 Å². The molecule has 19 heavy (non-hydrogen) atoms. The van der Waals surface area contributed by atoms with Crippen LogP contribution in [0.4, 0.5) is 5.69 Å².